The van der Waals surface area contributed by atoms with Crippen LogP contribution in [0.3, 0.4) is 0 Å². The molecule has 0 amide bonds. The van der Waals surface area contributed by atoms with Crippen molar-refractivity contribution in [1.29, 1.82) is 0 Å². The Kier molecular flexibility index (Phi) is 12.4. The average Bonchev–Trinajstić information content (AvgIpc) is 4.19. The lowest BCUT2D eigenvalue weighted by atomic mass is 9.92. The van der Waals surface area contributed by atoms with Crippen LogP contribution < -0.4 is 19.3 Å². The van der Waals surface area contributed by atoms with Crippen LogP contribution in [0.4, 0.5) is 11.6 Å². The van der Waals surface area contributed by atoms with Crippen LogP contribution in [0, 0.1) is 11.8 Å². The SMILES string of the molecule is CC(C)(O)C#Cc1cnc2cc(N3CCOCC3)nc(OC3CCC(n4cncc4Cn4cc(-c5cnc6cc(N7CCOCC7)nc(OC7CCC(n8ccnc8)CC7)c6c5)cn4)CC3)c2c1. The fourth-order valence-corrected chi connectivity index (χ4v) is 9.95. The lowest BCUT2D eigenvalue weighted by Gasteiger charge is -2.31. The van der Waals surface area contributed by atoms with Crippen LogP contribution >= 0.6 is 0 Å². The van der Waals surface area contributed by atoms with Crippen LogP contribution in [-0.4, -0.2) is 124 Å². The van der Waals surface area contributed by atoms with Crippen LogP contribution in [0.15, 0.2) is 80.3 Å². The summed E-state index contributed by atoms with van der Waals surface area (Å²) in [4.78, 5) is 33.3. The second-order valence-corrected chi connectivity index (χ2v) is 19.0. The van der Waals surface area contributed by atoms with Gasteiger partial charge in [0.25, 0.3) is 0 Å². The van der Waals surface area contributed by atoms with Gasteiger partial charge in [0.05, 0.1) is 85.5 Å². The molecule has 68 heavy (non-hydrogen) atoms. The van der Waals surface area contributed by atoms with Gasteiger partial charge < -0.3 is 43.0 Å². The highest BCUT2D eigenvalue weighted by Crippen LogP contribution is 2.37. The van der Waals surface area contributed by atoms with Crippen LogP contribution in [0.1, 0.15) is 88.6 Å². The van der Waals surface area contributed by atoms with E-state index in [2.05, 4.69) is 65.3 Å². The predicted molar refractivity (Wildman–Crippen MR) is 257 cm³/mol. The van der Waals surface area contributed by atoms with Crippen molar-refractivity contribution >= 4 is 33.4 Å². The molecule has 11 rings (SSSR count). The highest BCUT2D eigenvalue weighted by molar-refractivity contribution is 5.89. The number of pyridine rings is 4. The van der Waals surface area contributed by atoms with Crippen molar-refractivity contribution < 1.29 is 24.1 Å². The first kappa shape index (κ1) is 43.9. The first-order chi connectivity index (χ1) is 33.2. The number of morpholine rings is 2. The van der Waals surface area contributed by atoms with Gasteiger partial charge in [-0.05, 0) is 77.3 Å². The summed E-state index contributed by atoms with van der Waals surface area (Å²) >= 11 is 0. The zero-order valence-electron chi connectivity index (χ0n) is 38.8. The first-order valence-corrected chi connectivity index (χ1v) is 24.1. The minimum Gasteiger partial charge on any atom is -0.474 e. The van der Waals surface area contributed by atoms with E-state index in [4.69, 9.17) is 44.0 Å². The van der Waals surface area contributed by atoms with Crippen molar-refractivity contribution in [2.24, 2.45) is 0 Å². The number of hydrogen-bond donors (Lipinski definition) is 1. The third-order valence-corrected chi connectivity index (χ3v) is 13.7. The van der Waals surface area contributed by atoms with Crippen molar-refractivity contribution in [2.45, 2.75) is 102 Å². The van der Waals surface area contributed by atoms with Crippen molar-refractivity contribution in [3.05, 3.63) is 91.6 Å². The van der Waals surface area contributed by atoms with Crippen LogP contribution in [0.5, 0.6) is 11.8 Å². The van der Waals surface area contributed by atoms with Gasteiger partial charge in [-0.2, -0.15) is 15.1 Å². The van der Waals surface area contributed by atoms with E-state index in [1.54, 1.807) is 20.0 Å². The van der Waals surface area contributed by atoms with Gasteiger partial charge in [-0.25, -0.2) is 9.97 Å². The van der Waals surface area contributed by atoms with Gasteiger partial charge >= 0.3 is 0 Å². The third-order valence-electron chi connectivity index (χ3n) is 13.7. The number of nitrogens with zero attached hydrogens (tertiary/aromatic N) is 12. The Morgan fingerprint density at radius 2 is 1.31 bits per heavy atom. The molecule has 0 atom stereocenters. The fourth-order valence-electron chi connectivity index (χ4n) is 9.95. The molecule has 2 aliphatic heterocycles. The van der Waals surface area contributed by atoms with E-state index in [0.29, 0.717) is 56.3 Å². The molecular formula is C51H58N12O5. The molecule has 17 nitrogen and oxygen atoms in total. The molecule has 2 aliphatic carbocycles. The quantitative estimate of drug-likeness (QED) is 0.135. The van der Waals surface area contributed by atoms with Gasteiger partial charge in [0.1, 0.15) is 29.4 Å². The lowest BCUT2D eigenvalue weighted by Crippen LogP contribution is -2.36. The molecule has 0 radical (unpaired) electrons. The molecule has 0 aromatic carbocycles. The minimum absolute atomic E-state index is 0.0147. The number of rotatable bonds is 11. The average molecular weight is 919 g/mol. The van der Waals surface area contributed by atoms with E-state index in [0.717, 1.165) is 128 Å². The Balaban J connectivity index is 0.778. The number of imidazole rings is 2. The number of fused-ring (bicyclic) bond motifs is 2. The van der Waals surface area contributed by atoms with Gasteiger partial charge in [-0.15, -0.1) is 0 Å². The summed E-state index contributed by atoms with van der Waals surface area (Å²) in [5.74, 6) is 8.87. The highest BCUT2D eigenvalue weighted by atomic mass is 16.5. The Bertz CT molecular complexity index is 2910. The van der Waals surface area contributed by atoms with Gasteiger partial charge in [-0.3, -0.25) is 14.6 Å². The van der Waals surface area contributed by atoms with Crippen LogP contribution in [0.2, 0.25) is 0 Å². The van der Waals surface area contributed by atoms with E-state index < -0.39 is 5.60 Å². The molecule has 9 heterocycles. The summed E-state index contributed by atoms with van der Waals surface area (Å²) in [6.07, 6.45) is 25.0. The molecule has 4 fully saturated rings. The second-order valence-electron chi connectivity index (χ2n) is 19.0. The normalized spacial score (nSPS) is 21.5. The number of hydrogen-bond acceptors (Lipinski definition) is 14. The summed E-state index contributed by atoms with van der Waals surface area (Å²) in [6, 6.07) is 8.92. The predicted octanol–water partition coefficient (Wildman–Crippen LogP) is 6.80. The summed E-state index contributed by atoms with van der Waals surface area (Å²) in [6.45, 7) is 9.64. The molecule has 7 aromatic rings. The van der Waals surface area contributed by atoms with Gasteiger partial charge in [-0.1, -0.05) is 11.8 Å². The molecule has 0 unspecified atom stereocenters. The van der Waals surface area contributed by atoms with Gasteiger partial charge in [0, 0.05) is 98.1 Å². The summed E-state index contributed by atoms with van der Waals surface area (Å²) in [5.41, 5.74) is 4.25. The molecule has 0 spiro atoms. The largest absolute Gasteiger partial charge is 0.474 e. The maximum atomic E-state index is 10.2. The summed E-state index contributed by atoms with van der Waals surface area (Å²) in [5, 5.41) is 16.8. The molecule has 4 aliphatic rings. The first-order valence-electron chi connectivity index (χ1n) is 24.1. The van der Waals surface area contributed by atoms with Crippen molar-refractivity contribution in [3.63, 3.8) is 0 Å². The molecule has 2 saturated heterocycles. The monoisotopic (exact) mass is 918 g/mol. The number of ether oxygens (including phenoxy) is 4. The zero-order valence-corrected chi connectivity index (χ0v) is 38.8. The smallest absolute Gasteiger partial charge is 0.225 e. The van der Waals surface area contributed by atoms with Crippen molar-refractivity contribution in [1.82, 2.24) is 48.8 Å². The van der Waals surface area contributed by atoms with Gasteiger partial charge in [0.15, 0.2) is 0 Å². The Morgan fingerprint density at radius 1 is 0.691 bits per heavy atom. The molecule has 17 heteroatoms. The highest BCUT2D eigenvalue weighted by Gasteiger charge is 2.28. The third kappa shape index (κ3) is 9.85. The Labute approximate surface area is 395 Å². The summed E-state index contributed by atoms with van der Waals surface area (Å²) < 4.78 is 31.4. The van der Waals surface area contributed by atoms with Crippen molar-refractivity contribution in [3.8, 4) is 34.7 Å². The molecular weight excluding hydrogens is 861 g/mol. The molecule has 0 bridgehead atoms. The Hall–Kier alpha value is -6.61. The summed E-state index contributed by atoms with van der Waals surface area (Å²) in [7, 11) is 0. The number of aliphatic hydroxyl groups is 1. The lowest BCUT2D eigenvalue weighted by molar-refractivity contribution is 0.121. The fraction of sp³-hybridized carbons (Fsp3) is 0.471. The number of aromatic nitrogens is 10. The maximum absolute atomic E-state index is 10.2. The number of anilines is 2. The molecule has 1 N–H and O–H groups in total. The molecule has 7 aromatic heterocycles. The minimum atomic E-state index is -1.12. The van der Waals surface area contributed by atoms with Crippen LogP contribution in [0.25, 0.3) is 32.9 Å². The van der Waals surface area contributed by atoms with Crippen LogP contribution in [-0.2, 0) is 16.0 Å². The molecule has 352 valence electrons. The topological polar surface area (TPSA) is 169 Å². The second kappa shape index (κ2) is 19.2. The maximum Gasteiger partial charge on any atom is 0.225 e. The van der Waals surface area contributed by atoms with Crippen molar-refractivity contribution in [2.75, 3.05) is 62.4 Å². The van der Waals surface area contributed by atoms with E-state index in [1.165, 1.54) is 0 Å². The van der Waals surface area contributed by atoms with E-state index in [9.17, 15) is 5.11 Å². The van der Waals surface area contributed by atoms with E-state index in [1.807, 2.05) is 54.3 Å². The Morgan fingerprint density at radius 3 is 1.93 bits per heavy atom. The zero-order chi connectivity index (χ0) is 46.0. The van der Waals surface area contributed by atoms with E-state index in [-0.39, 0.29) is 18.2 Å². The standard InChI is InChI=1S/C51H58N12O5/c1-51(2,64)12-11-35-23-43-45(54-27-35)25-47(59-15-19-65-20-16-59)57-49(43)67-42-9-5-39(6-10-42)63-34-53-30-40(63)32-62-31-37(29-56-62)36-24-44-46(55-28-36)26-48(60-17-21-66-22-18-60)58-50(44)68-41-7-3-38(4-8-41)61-14-13-52-33-61/h13-14,23-31,33-34,38-39,41-42,64H,3-10,15-22,32H2,1-2H3. The molecule has 2 saturated carbocycles. The van der Waals surface area contributed by atoms with E-state index >= 15 is 0 Å². The van der Waals surface area contributed by atoms with Gasteiger partial charge in [0.2, 0.25) is 11.8 Å².